The molecule has 1 atom stereocenters. The molecule has 1 saturated heterocycles. The fourth-order valence-corrected chi connectivity index (χ4v) is 2.09. The van der Waals surface area contributed by atoms with Crippen molar-refractivity contribution in [1.82, 2.24) is 10.2 Å². The second-order valence-corrected chi connectivity index (χ2v) is 4.70. The van der Waals surface area contributed by atoms with Gasteiger partial charge in [0, 0.05) is 25.6 Å². The Bertz CT molecular complexity index is 558. The lowest BCUT2D eigenvalue weighted by molar-refractivity contribution is -0.148. The number of amides is 2. The van der Waals surface area contributed by atoms with E-state index in [2.05, 4.69) is 5.32 Å². The Kier molecular flexibility index (Phi) is 3.80. The molecule has 1 fully saturated rings. The lowest BCUT2D eigenvalue weighted by atomic mass is 10.0. The summed E-state index contributed by atoms with van der Waals surface area (Å²) >= 11 is 0. The van der Waals surface area contributed by atoms with Gasteiger partial charge < -0.3 is 20.6 Å². The Labute approximate surface area is 115 Å². The summed E-state index contributed by atoms with van der Waals surface area (Å²) in [6, 6.07) is 2.19. The van der Waals surface area contributed by atoms with Crippen LogP contribution in [0.1, 0.15) is 18.4 Å². The van der Waals surface area contributed by atoms with E-state index in [1.54, 1.807) is 0 Å². The van der Waals surface area contributed by atoms with E-state index in [-0.39, 0.29) is 24.8 Å². The van der Waals surface area contributed by atoms with Crippen LogP contribution in [-0.4, -0.2) is 45.1 Å². The predicted molar refractivity (Wildman–Crippen MR) is 69.1 cm³/mol. The first-order valence-corrected chi connectivity index (χ1v) is 6.18. The smallest absolute Gasteiger partial charge is 0.246 e. The number of carbonyl (C=O) groups excluding carboxylic acids is 2. The first-order chi connectivity index (χ1) is 9.41. The number of phenolic OH excluding ortho intramolecular Hbond substituents is 3. The highest BCUT2D eigenvalue weighted by Crippen LogP contribution is 2.36. The van der Waals surface area contributed by atoms with Crippen LogP contribution in [0.2, 0.25) is 0 Å². The molecule has 7 nitrogen and oxygen atoms in total. The number of aromatic hydroxyl groups is 3. The third-order valence-corrected chi connectivity index (χ3v) is 3.40. The van der Waals surface area contributed by atoms with E-state index in [0.717, 1.165) is 4.90 Å². The van der Waals surface area contributed by atoms with Gasteiger partial charge >= 0.3 is 0 Å². The first-order valence-electron chi connectivity index (χ1n) is 6.18. The Balaban J connectivity index is 2.04. The highest BCUT2D eigenvalue weighted by atomic mass is 16.3. The number of piperidine rings is 1. The van der Waals surface area contributed by atoms with Crippen molar-refractivity contribution in [3.63, 3.8) is 0 Å². The maximum absolute atomic E-state index is 11.9. The van der Waals surface area contributed by atoms with Gasteiger partial charge in [0.1, 0.15) is 0 Å². The fraction of sp³-hybridized carbons (Fsp3) is 0.385. The first kappa shape index (κ1) is 14.1. The number of nitrogens with one attached hydrogen (secondary N) is 1. The molecule has 7 heteroatoms. The number of nitrogens with zero attached hydrogens (tertiary/aromatic N) is 1. The number of imide groups is 1. The molecule has 0 saturated carbocycles. The molecule has 0 aromatic heterocycles. The average molecular weight is 280 g/mol. The standard InChI is InChI=1S/C13H16N2O5/c1-15-10(17)5-3-8(13(15)20)14-6-7-2-4-9(16)12(19)11(7)18/h2,4,8,14,16,18-19H,3,5-6H2,1H3. The summed E-state index contributed by atoms with van der Waals surface area (Å²) in [7, 11) is 1.43. The third kappa shape index (κ3) is 2.53. The van der Waals surface area contributed by atoms with Gasteiger partial charge in [-0.15, -0.1) is 0 Å². The van der Waals surface area contributed by atoms with E-state index in [1.807, 2.05) is 0 Å². The molecule has 4 N–H and O–H groups in total. The molecule has 2 amide bonds. The number of carbonyl (C=O) groups is 2. The quantitative estimate of drug-likeness (QED) is 0.459. The SMILES string of the molecule is CN1C(=O)CCC(NCc2ccc(O)c(O)c2O)C1=O. The van der Waals surface area contributed by atoms with E-state index >= 15 is 0 Å². The van der Waals surface area contributed by atoms with Crippen molar-refractivity contribution >= 4 is 11.8 Å². The van der Waals surface area contributed by atoms with Crippen LogP contribution in [-0.2, 0) is 16.1 Å². The molecule has 1 unspecified atom stereocenters. The maximum Gasteiger partial charge on any atom is 0.246 e. The van der Waals surface area contributed by atoms with Gasteiger partial charge in [-0.05, 0) is 12.5 Å². The number of likely N-dealkylation sites (N-methyl/N-ethyl adjacent to an activating group) is 1. The van der Waals surface area contributed by atoms with Crippen molar-refractivity contribution in [3.05, 3.63) is 17.7 Å². The lowest BCUT2D eigenvalue weighted by Crippen LogP contribution is -2.51. The summed E-state index contributed by atoms with van der Waals surface area (Å²) in [6.45, 7) is 0.137. The van der Waals surface area contributed by atoms with E-state index in [4.69, 9.17) is 0 Å². The lowest BCUT2D eigenvalue weighted by Gasteiger charge is -2.28. The molecule has 0 radical (unpaired) electrons. The van der Waals surface area contributed by atoms with E-state index in [1.165, 1.54) is 19.2 Å². The molecule has 0 aliphatic carbocycles. The highest BCUT2D eigenvalue weighted by Gasteiger charge is 2.31. The summed E-state index contributed by atoms with van der Waals surface area (Å²) in [4.78, 5) is 24.3. The molecule has 20 heavy (non-hydrogen) atoms. The van der Waals surface area contributed by atoms with Crippen LogP contribution in [0.15, 0.2) is 12.1 Å². The van der Waals surface area contributed by atoms with Crippen molar-refractivity contribution in [3.8, 4) is 17.2 Å². The van der Waals surface area contributed by atoms with Crippen LogP contribution in [0.5, 0.6) is 17.2 Å². The minimum Gasteiger partial charge on any atom is -0.504 e. The van der Waals surface area contributed by atoms with Gasteiger partial charge in [-0.1, -0.05) is 6.07 Å². The minimum absolute atomic E-state index is 0.137. The van der Waals surface area contributed by atoms with Crippen molar-refractivity contribution in [2.45, 2.75) is 25.4 Å². The number of hydrogen-bond acceptors (Lipinski definition) is 6. The molecule has 1 aliphatic heterocycles. The van der Waals surface area contributed by atoms with Crippen molar-refractivity contribution in [1.29, 1.82) is 0 Å². The van der Waals surface area contributed by atoms with Gasteiger partial charge in [-0.2, -0.15) is 0 Å². The Morgan fingerprint density at radius 3 is 2.65 bits per heavy atom. The summed E-state index contributed by atoms with van der Waals surface area (Å²) in [5.41, 5.74) is 0.354. The summed E-state index contributed by atoms with van der Waals surface area (Å²) in [5.74, 6) is -1.95. The maximum atomic E-state index is 11.9. The predicted octanol–water partition coefficient (Wildman–Crippen LogP) is 0.0404. The van der Waals surface area contributed by atoms with Crippen LogP contribution in [0.3, 0.4) is 0 Å². The number of likely N-dealkylation sites (tertiary alicyclic amines) is 1. The van der Waals surface area contributed by atoms with Crippen molar-refractivity contribution < 1.29 is 24.9 Å². The zero-order valence-corrected chi connectivity index (χ0v) is 11.0. The normalized spacial score (nSPS) is 19.4. The second kappa shape index (κ2) is 5.38. The van der Waals surface area contributed by atoms with E-state index in [0.29, 0.717) is 12.0 Å². The zero-order valence-electron chi connectivity index (χ0n) is 11.0. The van der Waals surface area contributed by atoms with Crippen LogP contribution < -0.4 is 5.32 Å². The number of hydrogen-bond donors (Lipinski definition) is 4. The molecule has 1 aromatic carbocycles. The highest BCUT2D eigenvalue weighted by molar-refractivity contribution is 6.00. The van der Waals surface area contributed by atoms with Gasteiger partial charge in [0.25, 0.3) is 0 Å². The van der Waals surface area contributed by atoms with Crippen LogP contribution in [0.25, 0.3) is 0 Å². The monoisotopic (exact) mass is 280 g/mol. The topological polar surface area (TPSA) is 110 Å². The van der Waals surface area contributed by atoms with E-state index in [9.17, 15) is 24.9 Å². The molecule has 1 aliphatic rings. The number of phenols is 3. The molecule has 108 valence electrons. The number of rotatable bonds is 3. The third-order valence-electron chi connectivity index (χ3n) is 3.40. The van der Waals surface area contributed by atoms with Crippen LogP contribution in [0, 0.1) is 0 Å². The Hall–Kier alpha value is -2.28. The van der Waals surface area contributed by atoms with Crippen LogP contribution in [0.4, 0.5) is 0 Å². The minimum atomic E-state index is -0.591. The summed E-state index contributed by atoms with van der Waals surface area (Å²) < 4.78 is 0. The largest absolute Gasteiger partial charge is 0.504 e. The zero-order chi connectivity index (χ0) is 14.9. The molecule has 1 aromatic rings. The molecular weight excluding hydrogens is 264 g/mol. The molecule has 1 heterocycles. The fourth-order valence-electron chi connectivity index (χ4n) is 2.09. The van der Waals surface area contributed by atoms with Gasteiger partial charge in [0.2, 0.25) is 17.6 Å². The van der Waals surface area contributed by atoms with Gasteiger partial charge in [0.05, 0.1) is 6.04 Å². The number of benzene rings is 1. The molecule has 2 rings (SSSR count). The van der Waals surface area contributed by atoms with Crippen molar-refractivity contribution in [2.75, 3.05) is 7.05 Å². The summed E-state index contributed by atoms with van der Waals surface area (Å²) in [5, 5.41) is 31.2. The average Bonchev–Trinajstić information content (AvgIpc) is 2.43. The molecule has 0 bridgehead atoms. The Morgan fingerprint density at radius 2 is 1.95 bits per heavy atom. The van der Waals surface area contributed by atoms with Crippen LogP contribution >= 0.6 is 0 Å². The van der Waals surface area contributed by atoms with Crippen molar-refractivity contribution in [2.24, 2.45) is 0 Å². The van der Waals surface area contributed by atoms with Gasteiger partial charge in [-0.3, -0.25) is 14.5 Å². The summed E-state index contributed by atoms with van der Waals surface area (Å²) in [6.07, 6.45) is 0.680. The second-order valence-electron chi connectivity index (χ2n) is 4.70. The molecule has 0 spiro atoms. The molecular formula is C13H16N2O5. The Morgan fingerprint density at radius 1 is 1.25 bits per heavy atom. The van der Waals surface area contributed by atoms with Gasteiger partial charge in [-0.25, -0.2) is 0 Å². The van der Waals surface area contributed by atoms with E-state index < -0.39 is 23.3 Å². The van der Waals surface area contributed by atoms with Gasteiger partial charge in [0.15, 0.2) is 11.5 Å².